The number of hydrogen-bond donors (Lipinski definition) is 2. The predicted octanol–water partition coefficient (Wildman–Crippen LogP) is 2.20. The number of anilines is 1. The van der Waals surface area contributed by atoms with Crippen LogP contribution >= 0.6 is 11.3 Å². The average Bonchev–Trinajstić information content (AvgIpc) is 3.10. The van der Waals surface area contributed by atoms with Gasteiger partial charge in [0.2, 0.25) is 5.91 Å². The van der Waals surface area contributed by atoms with Gasteiger partial charge in [0.1, 0.15) is 19.0 Å². The van der Waals surface area contributed by atoms with Crippen LogP contribution in [0.1, 0.15) is 0 Å². The van der Waals surface area contributed by atoms with Gasteiger partial charge in [0.15, 0.2) is 23.2 Å². The molecule has 0 saturated carbocycles. The van der Waals surface area contributed by atoms with Crippen LogP contribution in [0.15, 0.2) is 42.5 Å². The zero-order valence-electron chi connectivity index (χ0n) is 14.8. The van der Waals surface area contributed by atoms with Crippen LogP contribution in [0.4, 0.5) is 5.13 Å². The third-order valence-electron chi connectivity index (χ3n) is 3.86. The Labute approximate surface area is 164 Å². The molecule has 2 aromatic carbocycles. The minimum Gasteiger partial charge on any atom is -0.486 e. The second-order valence-corrected chi connectivity index (χ2v) is 6.94. The first-order valence-electron chi connectivity index (χ1n) is 8.62. The fourth-order valence-corrected chi connectivity index (χ4v) is 3.47. The Bertz CT molecular complexity index is 962. The standard InChI is InChI=1S/C19H17N3O5S/c23-17(10-20-18(24)11-27-12-4-2-1-3-5-12)22-19-21-13-8-14-15(9-16(13)28-19)26-7-6-25-14/h1-5,8-9H,6-7,10-11H2,(H,20,24)(H,21,22,23). The highest BCUT2D eigenvalue weighted by Gasteiger charge is 2.16. The molecule has 2 amide bonds. The van der Waals surface area contributed by atoms with Crippen molar-refractivity contribution in [2.24, 2.45) is 0 Å². The van der Waals surface area contributed by atoms with Gasteiger partial charge in [0.05, 0.1) is 16.8 Å². The maximum atomic E-state index is 12.1. The molecule has 8 nitrogen and oxygen atoms in total. The van der Waals surface area contributed by atoms with Gasteiger partial charge in [-0.2, -0.15) is 0 Å². The Kier molecular flexibility index (Phi) is 5.24. The highest BCUT2D eigenvalue weighted by Crippen LogP contribution is 2.37. The Hall–Kier alpha value is -3.33. The van der Waals surface area contributed by atoms with Gasteiger partial charge in [-0.15, -0.1) is 0 Å². The smallest absolute Gasteiger partial charge is 0.258 e. The number of nitrogens with zero attached hydrogens (tertiary/aromatic N) is 1. The lowest BCUT2D eigenvalue weighted by molar-refractivity contribution is -0.125. The maximum Gasteiger partial charge on any atom is 0.258 e. The minimum atomic E-state index is -0.384. The molecule has 144 valence electrons. The number of hydrogen-bond acceptors (Lipinski definition) is 7. The summed E-state index contributed by atoms with van der Waals surface area (Å²) in [4.78, 5) is 28.3. The van der Waals surface area contributed by atoms with E-state index < -0.39 is 0 Å². The third kappa shape index (κ3) is 4.32. The molecular weight excluding hydrogens is 382 g/mol. The van der Waals surface area contributed by atoms with Gasteiger partial charge >= 0.3 is 0 Å². The Morgan fingerprint density at radius 3 is 2.61 bits per heavy atom. The van der Waals surface area contributed by atoms with Crippen molar-refractivity contribution in [2.45, 2.75) is 0 Å². The second-order valence-electron chi connectivity index (χ2n) is 5.91. The van der Waals surface area contributed by atoms with E-state index in [0.717, 1.165) is 4.70 Å². The minimum absolute atomic E-state index is 0.163. The molecule has 9 heteroatoms. The van der Waals surface area contributed by atoms with Crippen molar-refractivity contribution in [2.75, 3.05) is 31.7 Å². The number of nitrogens with one attached hydrogen (secondary N) is 2. The number of carbonyl (C=O) groups excluding carboxylic acids is 2. The molecule has 28 heavy (non-hydrogen) atoms. The summed E-state index contributed by atoms with van der Waals surface area (Å²) in [5, 5.41) is 5.64. The molecule has 4 rings (SSSR count). The summed E-state index contributed by atoms with van der Waals surface area (Å²) in [5.74, 6) is 1.15. The molecule has 0 atom stereocenters. The van der Waals surface area contributed by atoms with Crippen LogP contribution in [-0.4, -0.2) is 43.2 Å². The fourth-order valence-electron chi connectivity index (χ4n) is 2.58. The number of thiazole rings is 1. The van der Waals surface area contributed by atoms with E-state index in [0.29, 0.717) is 41.1 Å². The Balaban J connectivity index is 1.29. The molecule has 1 aromatic heterocycles. The molecule has 1 aliphatic rings. The Morgan fingerprint density at radius 1 is 1.07 bits per heavy atom. The van der Waals surface area contributed by atoms with E-state index in [-0.39, 0.29) is 25.0 Å². The SMILES string of the molecule is O=C(COc1ccccc1)NCC(=O)Nc1nc2cc3c(cc2s1)OCCO3. The van der Waals surface area contributed by atoms with Gasteiger partial charge in [-0.1, -0.05) is 29.5 Å². The number of amides is 2. The quantitative estimate of drug-likeness (QED) is 0.659. The Morgan fingerprint density at radius 2 is 1.82 bits per heavy atom. The summed E-state index contributed by atoms with van der Waals surface area (Å²) in [6, 6.07) is 12.6. The fraction of sp³-hybridized carbons (Fsp3) is 0.211. The molecule has 0 fully saturated rings. The first-order valence-corrected chi connectivity index (χ1v) is 9.43. The van der Waals surface area contributed by atoms with Crippen molar-refractivity contribution in [1.82, 2.24) is 10.3 Å². The highest BCUT2D eigenvalue weighted by atomic mass is 32.1. The van der Waals surface area contributed by atoms with Crippen molar-refractivity contribution >= 4 is 38.5 Å². The number of aromatic nitrogens is 1. The predicted molar refractivity (Wildman–Crippen MR) is 104 cm³/mol. The molecule has 0 saturated heterocycles. The van der Waals surface area contributed by atoms with E-state index in [1.54, 1.807) is 18.2 Å². The summed E-state index contributed by atoms with van der Waals surface area (Å²) in [6.45, 7) is 0.675. The first kappa shape index (κ1) is 18.1. The summed E-state index contributed by atoms with van der Waals surface area (Å²) in [7, 11) is 0. The van der Waals surface area contributed by atoms with E-state index in [2.05, 4.69) is 15.6 Å². The summed E-state index contributed by atoms with van der Waals surface area (Å²) >= 11 is 1.32. The van der Waals surface area contributed by atoms with Crippen LogP contribution < -0.4 is 24.8 Å². The zero-order chi connectivity index (χ0) is 19.3. The molecule has 0 spiro atoms. The molecule has 1 aliphatic heterocycles. The van der Waals surface area contributed by atoms with Crippen LogP contribution in [0.25, 0.3) is 10.2 Å². The highest BCUT2D eigenvalue weighted by molar-refractivity contribution is 7.22. The van der Waals surface area contributed by atoms with Crippen molar-refractivity contribution in [3.63, 3.8) is 0 Å². The number of carbonyl (C=O) groups is 2. The van der Waals surface area contributed by atoms with E-state index in [1.165, 1.54) is 11.3 Å². The van der Waals surface area contributed by atoms with Crippen LogP contribution in [0, 0.1) is 0 Å². The number of para-hydroxylation sites is 1. The first-order chi connectivity index (χ1) is 13.7. The van der Waals surface area contributed by atoms with Crippen LogP contribution in [0.3, 0.4) is 0 Å². The number of ether oxygens (including phenoxy) is 3. The lowest BCUT2D eigenvalue weighted by atomic mass is 10.3. The van der Waals surface area contributed by atoms with Crippen molar-refractivity contribution in [3.05, 3.63) is 42.5 Å². The van der Waals surface area contributed by atoms with Gasteiger partial charge in [0.25, 0.3) is 5.91 Å². The molecule has 0 bridgehead atoms. The third-order valence-corrected chi connectivity index (χ3v) is 4.79. The molecular formula is C19H17N3O5S. The molecule has 2 N–H and O–H groups in total. The topological polar surface area (TPSA) is 98.8 Å². The lowest BCUT2D eigenvalue weighted by Gasteiger charge is -2.17. The van der Waals surface area contributed by atoms with E-state index >= 15 is 0 Å². The summed E-state index contributed by atoms with van der Waals surface area (Å²) < 4.78 is 17.3. The summed E-state index contributed by atoms with van der Waals surface area (Å²) in [5.41, 5.74) is 0.713. The van der Waals surface area contributed by atoms with Gasteiger partial charge in [-0.25, -0.2) is 4.98 Å². The van der Waals surface area contributed by atoms with E-state index in [4.69, 9.17) is 14.2 Å². The van der Waals surface area contributed by atoms with Crippen LogP contribution in [0.2, 0.25) is 0 Å². The molecule has 2 heterocycles. The normalized spacial score (nSPS) is 12.4. The van der Waals surface area contributed by atoms with Gasteiger partial charge in [-0.05, 0) is 12.1 Å². The van der Waals surface area contributed by atoms with E-state index in [9.17, 15) is 9.59 Å². The maximum absolute atomic E-state index is 12.1. The van der Waals surface area contributed by atoms with Crippen molar-refractivity contribution < 1.29 is 23.8 Å². The molecule has 3 aromatic rings. The largest absolute Gasteiger partial charge is 0.486 e. The number of benzene rings is 2. The second kappa shape index (κ2) is 8.13. The monoisotopic (exact) mass is 399 g/mol. The lowest BCUT2D eigenvalue weighted by Crippen LogP contribution is -2.35. The number of fused-ring (bicyclic) bond motifs is 2. The average molecular weight is 399 g/mol. The molecule has 0 unspecified atom stereocenters. The van der Waals surface area contributed by atoms with Gasteiger partial charge < -0.3 is 24.8 Å². The van der Waals surface area contributed by atoms with Crippen LogP contribution in [-0.2, 0) is 9.59 Å². The zero-order valence-corrected chi connectivity index (χ0v) is 15.6. The van der Waals surface area contributed by atoms with Crippen LogP contribution in [0.5, 0.6) is 17.2 Å². The van der Waals surface area contributed by atoms with Gasteiger partial charge in [0, 0.05) is 12.1 Å². The van der Waals surface area contributed by atoms with Crippen molar-refractivity contribution in [1.29, 1.82) is 0 Å². The molecule has 0 radical (unpaired) electrons. The molecule has 0 aliphatic carbocycles. The van der Waals surface area contributed by atoms with Gasteiger partial charge in [-0.3, -0.25) is 9.59 Å². The van der Waals surface area contributed by atoms with Crippen molar-refractivity contribution in [3.8, 4) is 17.2 Å². The summed E-state index contributed by atoms with van der Waals surface area (Å²) in [6.07, 6.45) is 0. The van der Waals surface area contributed by atoms with E-state index in [1.807, 2.05) is 24.3 Å². The number of rotatable bonds is 6.